The largest absolute Gasteiger partial charge is 0.324 e. The molecule has 0 radical (unpaired) electrons. The van der Waals surface area contributed by atoms with Crippen molar-refractivity contribution in [1.82, 2.24) is 10.2 Å². The van der Waals surface area contributed by atoms with Crippen LogP contribution >= 0.6 is 0 Å². The molecule has 0 bridgehead atoms. The molecule has 21 heavy (non-hydrogen) atoms. The number of para-hydroxylation sites is 1. The number of halogens is 1. The Morgan fingerprint density at radius 2 is 2.10 bits per heavy atom. The van der Waals surface area contributed by atoms with Crippen LogP contribution in [0.3, 0.4) is 0 Å². The highest BCUT2D eigenvalue weighted by molar-refractivity contribution is 5.89. The highest BCUT2D eigenvalue weighted by Crippen LogP contribution is 2.16. The van der Waals surface area contributed by atoms with E-state index in [0.29, 0.717) is 12.5 Å². The molecular formula is C16H24FN3O. The Morgan fingerprint density at radius 3 is 2.76 bits per heavy atom. The van der Waals surface area contributed by atoms with Gasteiger partial charge in [0, 0.05) is 13.1 Å². The minimum absolute atomic E-state index is 0.208. The Balaban J connectivity index is 1.96. The van der Waals surface area contributed by atoms with Gasteiger partial charge in [-0.25, -0.2) is 9.18 Å². The summed E-state index contributed by atoms with van der Waals surface area (Å²) in [7, 11) is 0. The summed E-state index contributed by atoms with van der Waals surface area (Å²) < 4.78 is 13.6. The van der Waals surface area contributed by atoms with Gasteiger partial charge in [-0.3, -0.25) is 0 Å². The lowest BCUT2D eigenvalue weighted by Gasteiger charge is -2.30. The fourth-order valence-electron chi connectivity index (χ4n) is 2.68. The summed E-state index contributed by atoms with van der Waals surface area (Å²) in [5.41, 5.74) is 0.244. The van der Waals surface area contributed by atoms with E-state index in [-0.39, 0.29) is 11.7 Å². The molecule has 0 saturated carbocycles. The van der Waals surface area contributed by atoms with Gasteiger partial charge >= 0.3 is 6.03 Å². The predicted molar refractivity (Wildman–Crippen MR) is 82.9 cm³/mol. The van der Waals surface area contributed by atoms with Gasteiger partial charge in [-0.15, -0.1) is 0 Å². The second-order valence-electron chi connectivity index (χ2n) is 5.55. The maximum atomic E-state index is 13.6. The Bertz CT molecular complexity index is 461. The van der Waals surface area contributed by atoms with Crippen LogP contribution in [0.1, 0.15) is 26.2 Å². The first-order valence-electron chi connectivity index (χ1n) is 7.72. The monoisotopic (exact) mass is 293 g/mol. The fraction of sp³-hybridized carbons (Fsp3) is 0.562. The molecule has 1 fully saturated rings. The average Bonchev–Trinajstić information content (AvgIpc) is 2.50. The highest BCUT2D eigenvalue weighted by Gasteiger charge is 2.20. The zero-order valence-electron chi connectivity index (χ0n) is 12.6. The molecule has 2 amide bonds. The van der Waals surface area contributed by atoms with E-state index in [2.05, 4.69) is 10.6 Å². The van der Waals surface area contributed by atoms with Crippen LogP contribution < -0.4 is 10.6 Å². The van der Waals surface area contributed by atoms with Crippen molar-refractivity contribution in [2.75, 3.05) is 31.5 Å². The third-order valence-electron chi connectivity index (χ3n) is 3.83. The number of carbonyl (C=O) groups is 1. The molecule has 2 rings (SSSR count). The number of nitrogens with one attached hydrogen (secondary N) is 2. The molecule has 1 aliphatic rings. The van der Waals surface area contributed by atoms with E-state index in [0.717, 1.165) is 38.9 Å². The molecule has 1 aromatic rings. The normalized spacial score (nSPS) is 15.7. The summed E-state index contributed by atoms with van der Waals surface area (Å²) in [6.45, 7) is 5.52. The molecule has 0 aromatic heterocycles. The lowest BCUT2D eigenvalue weighted by atomic mass is 9.97. The first-order chi connectivity index (χ1) is 10.2. The quantitative estimate of drug-likeness (QED) is 0.876. The van der Waals surface area contributed by atoms with E-state index in [4.69, 9.17) is 0 Å². The number of hydrogen-bond acceptors (Lipinski definition) is 2. The first-order valence-corrected chi connectivity index (χ1v) is 7.72. The molecule has 5 heteroatoms. The van der Waals surface area contributed by atoms with Gasteiger partial charge in [0.15, 0.2) is 0 Å². The lowest BCUT2D eigenvalue weighted by molar-refractivity contribution is 0.192. The Labute approximate surface area is 125 Å². The van der Waals surface area contributed by atoms with Crippen molar-refractivity contribution >= 4 is 11.7 Å². The van der Waals surface area contributed by atoms with Gasteiger partial charge in [-0.1, -0.05) is 19.1 Å². The average molecular weight is 293 g/mol. The summed E-state index contributed by atoms with van der Waals surface area (Å²) in [5.74, 6) is 0.133. The van der Waals surface area contributed by atoms with E-state index in [1.165, 1.54) is 6.07 Å². The van der Waals surface area contributed by atoms with Crippen LogP contribution in [0.2, 0.25) is 0 Å². The van der Waals surface area contributed by atoms with Crippen LogP contribution in [-0.4, -0.2) is 37.1 Å². The van der Waals surface area contributed by atoms with Crippen LogP contribution in [0.5, 0.6) is 0 Å². The third kappa shape index (κ3) is 4.70. The number of amides is 2. The summed E-state index contributed by atoms with van der Waals surface area (Å²) >= 11 is 0. The predicted octanol–water partition coefficient (Wildman–Crippen LogP) is 3.07. The highest BCUT2D eigenvalue weighted by atomic mass is 19.1. The van der Waals surface area contributed by atoms with E-state index in [9.17, 15) is 9.18 Å². The van der Waals surface area contributed by atoms with Crippen LogP contribution in [-0.2, 0) is 0 Å². The maximum Gasteiger partial charge on any atom is 0.321 e. The molecule has 1 aliphatic heterocycles. The van der Waals surface area contributed by atoms with E-state index < -0.39 is 5.82 Å². The number of carbonyl (C=O) groups excluding carboxylic acids is 1. The molecular weight excluding hydrogens is 269 g/mol. The van der Waals surface area contributed by atoms with Crippen molar-refractivity contribution in [2.24, 2.45) is 5.92 Å². The fourth-order valence-corrected chi connectivity index (χ4v) is 2.68. The minimum Gasteiger partial charge on any atom is -0.324 e. The zero-order chi connectivity index (χ0) is 15.1. The van der Waals surface area contributed by atoms with Crippen LogP contribution in [0.4, 0.5) is 14.9 Å². The number of hydrogen-bond donors (Lipinski definition) is 2. The van der Waals surface area contributed by atoms with Crippen molar-refractivity contribution in [3.8, 4) is 0 Å². The summed E-state index contributed by atoms with van der Waals surface area (Å²) in [4.78, 5) is 14.2. The van der Waals surface area contributed by atoms with Crippen LogP contribution in [0, 0.1) is 11.7 Å². The zero-order valence-corrected chi connectivity index (χ0v) is 12.6. The van der Waals surface area contributed by atoms with E-state index in [1.807, 2.05) is 11.8 Å². The van der Waals surface area contributed by atoms with Crippen molar-refractivity contribution in [3.63, 3.8) is 0 Å². The maximum absolute atomic E-state index is 13.6. The standard InChI is InChI=1S/C16H24FN3O/c1-2-11-20(12-13-7-9-18-10-8-13)16(21)19-15-6-4-3-5-14(15)17/h3-6,13,18H,2,7-12H2,1H3,(H,19,21). The number of rotatable bonds is 5. The second kappa shape index (κ2) is 7.98. The number of nitrogens with zero attached hydrogens (tertiary/aromatic N) is 1. The lowest BCUT2D eigenvalue weighted by Crippen LogP contribution is -2.41. The smallest absolute Gasteiger partial charge is 0.321 e. The molecule has 1 heterocycles. The molecule has 0 aliphatic carbocycles. The molecule has 1 aromatic carbocycles. The van der Waals surface area contributed by atoms with Gasteiger partial charge in [0.2, 0.25) is 0 Å². The number of anilines is 1. The van der Waals surface area contributed by atoms with Gasteiger partial charge in [-0.2, -0.15) is 0 Å². The molecule has 4 nitrogen and oxygen atoms in total. The third-order valence-corrected chi connectivity index (χ3v) is 3.83. The van der Waals surface area contributed by atoms with E-state index in [1.54, 1.807) is 18.2 Å². The molecule has 0 atom stereocenters. The van der Waals surface area contributed by atoms with E-state index >= 15 is 0 Å². The first kappa shape index (κ1) is 15.8. The van der Waals surface area contributed by atoms with Gasteiger partial charge in [0.05, 0.1) is 5.69 Å². The van der Waals surface area contributed by atoms with Crippen molar-refractivity contribution in [2.45, 2.75) is 26.2 Å². The summed E-state index contributed by atoms with van der Waals surface area (Å²) in [6.07, 6.45) is 3.08. The van der Waals surface area contributed by atoms with Crippen molar-refractivity contribution in [3.05, 3.63) is 30.1 Å². The number of benzene rings is 1. The molecule has 116 valence electrons. The number of urea groups is 1. The number of piperidine rings is 1. The summed E-state index contributed by atoms with van der Waals surface area (Å²) in [5, 5.41) is 6.01. The Kier molecular flexibility index (Phi) is 5.99. The molecule has 1 saturated heterocycles. The molecule has 2 N–H and O–H groups in total. The molecule has 0 unspecified atom stereocenters. The minimum atomic E-state index is -0.399. The topological polar surface area (TPSA) is 44.4 Å². The van der Waals surface area contributed by atoms with Crippen LogP contribution in [0.25, 0.3) is 0 Å². The Hall–Kier alpha value is -1.62. The van der Waals surface area contributed by atoms with Gasteiger partial charge < -0.3 is 15.5 Å². The van der Waals surface area contributed by atoms with Crippen molar-refractivity contribution in [1.29, 1.82) is 0 Å². The van der Waals surface area contributed by atoms with Gasteiger partial charge in [0.1, 0.15) is 5.82 Å². The van der Waals surface area contributed by atoms with Gasteiger partial charge in [0.25, 0.3) is 0 Å². The second-order valence-corrected chi connectivity index (χ2v) is 5.55. The molecule has 0 spiro atoms. The van der Waals surface area contributed by atoms with Crippen LogP contribution in [0.15, 0.2) is 24.3 Å². The van der Waals surface area contributed by atoms with Gasteiger partial charge in [-0.05, 0) is 50.4 Å². The Morgan fingerprint density at radius 1 is 1.38 bits per heavy atom. The SMILES string of the molecule is CCCN(CC1CCNCC1)C(=O)Nc1ccccc1F. The van der Waals surface area contributed by atoms with Crippen molar-refractivity contribution < 1.29 is 9.18 Å². The summed E-state index contributed by atoms with van der Waals surface area (Å²) in [6, 6.07) is 6.06.